The van der Waals surface area contributed by atoms with Gasteiger partial charge in [-0.15, -0.1) is 0 Å². The average Bonchev–Trinajstić information content (AvgIpc) is 2.21. The molecule has 72 valence electrons. The molecule has 0 saturated heterocycles. The van der Waals surface area contributed by atoms with Crippen LogP contribution < -0.4 is 4.90 Å². The Kier molecular flexibility index (Phi) is 2.40. The Morgan fingerprint density at radius 3 is 2.14 bits per heavy atom. The molecule has 1 nitrogen and oxygen atoms in total. The summed E-state index contributed by atoms with van der Waals surface area (Å²) in [6, 6.07) is 8.55. The van der Waals surface area contributed by atoms with E-state index in [4.69, 9.17) is 0 Å². The fraction of sp³-hybridized carbons (Fsp3) is 0.231. The zero-order valence-corrected chi connectivity index (χ0v) is 8.64. The minimum absolute atomic E-state index is 0.552. The number of anilines is 1. The fourth-order valence-electron chi connectivity index (χ4n) is 1.46. The van der Waals surface area contributed by atoms with Crippen LogP contribution in [0.5, 0.6) is 0 Å². The largest absolute Gasteiger partial charge is 0.324 e. The lowest BCUT2D eigenvalue weighted by molar-refractivity contribution is 0.907. The van der Waals surface area contributed by atoms with Gasteiger partial charge in [-0.1, -0.05) is 36.8 Å². The molecule has 0 atom stereocenters. The summed E-state index contributed by atoms with van der Waals surface area (Å²) in [6.07, 6.45) is 8.63. The van der Waals surface area contributed by atoms with Crippen LogP contribution in [0, 0.1) is 12.8 Å². The van der Waals surface area contributed by atoms with Crippen molar-refractivity contribution in [2.75, 3.05) is 4.90 Å². The molecule has 0 N–H and O–H groups in total. The Morgan fingerprint density at radius 1 is 1.00 bits per heavy atom. The van der Waals surface area contributed by atoms with Crippen molar-refractivity contribution < 1.29 is 0 Å². The van der Waals surface area contributed by atoms with Crippen LogP contribution in [0.1, 0.15) is 12.5 Å². The van der Waals surface area contributed by atoms with Crippen LogP contribution in [0.25, 0.3) is 0 Å². The van der Waals surface area contributed by atoms with E-state index >= 15 is 0 Å². The maximum atomic E-state index is 2.19. The van der Waals surface area contributed by atoms with Crippen molar-refractivity contribution in [3.05, 3.63) is 54.4 Å². The van der Waals surface area contributed by atoms with Gasteiger partial charge in [0, 0.05) is 18.1 Å². The summed E-state index contributed by atoms with van der Waals surface area (Å²) in [4.78, 5) is 2.14. The summed E-state index contributed by atoms with van der Waals surface area (Å²) in [5, 5.41) is 0. The van der Waals surface area contributed by atoms with Gasteiger partial charge in [0.25, 0.3) is 0 Å². The number of nitrogens with zero attached hydrogens (tertiary/aromatic N) is 1. The van der Waals surface area contributed by atoms with Crippen LogP contribution in [-0.4, -0.2) is 0 Å². The number of benzene rings is 1. The highest BCUT2D eigenvalue weighted by molar-refractivity contribution is 5.53. The summed E-state index contributed by atoms with van der Waals surface area (Å²) in [6.45, 7) is 4.28. The van der Waals surface area contributed by atoms with E-state index in [2.05, 4.69) is 67.6 Å². The molecule has 1 heteroatoms. The minimum atomic E-state index is 0.552. The van der Waals surface area contributed by atoms with Crippen LogP contribution in [-0.2, 0) is 0 Å². The molecule has 14 heavy (non-hydrogen) atoms. The minimum Gasteiger partial charge on any atom is -0.324 e. The molecule has 0 radical (unpaired) electrons. The number of hydrogen-bond donors (Lipinski definition) is 0. The average molecular weight is 185 g/mol. The molecule has 0 saturated carbocycles. The van der Waals surface area contributed by atoms with Gasteiger partial charge in [0.15, 0.2) is 0 Å². The number of rotatable bonds is 1. The third-order valence-electron chi connectivity index (χ3n) is 2.43. The molecular weight excluding hydrogens is 170 g/mol. The second-order valence-electron chi connectivity index (χ2n) is 3.78. The Labute approximate surface area is 85.4 Å². The zero-order chi connectivity index (χ0) is 9.97. The maximum absolute atomic E-state index is 2.19. The maximum Gasteiger partial charge on any atom is 0.0449 e. The Bertz CT molecular complexity index is 345. The van der Waals surface area contributed by atoms with Crippen molar-refractivity contribution in [3.8, 4) is 0 Å². The van der Waals surface area contributed by atoms with Gasteiger partial charge in [-0.3, -0.25) is 0 Å². The number of hydrogen-bond acceptors (Lipinski definition) is 1. The first-order valence-corrected chi connectivity index (χ1v) is 4.97. The Hall–Kier alpha value is -1.50. The molecule has 0 fully saturated rings. The molecule has 1 aromatic rings. The molecule has 0 aliphatic carbocycles. The smallest absolute Gasteiger partial charge is 0.0449 e. The van der Waals surface area contributed by atoms with Gasteiger partial charge in [-0.2, -0.15) is 0 Å². The van der Waals surface area contributed by atoms with Gasteiger partial charge in [0.1, 0.15) is 0 Å². The molecule has 2 rings (SSSR count). The highest BCUT2D eigenvalue weighted by Crippen LogP contribution is 2.19. The Morgan fingerprint density at radius 2 is 1.57 bits per heavy atom. The summed E-state index contributed by atoms with van der Waals surface area (Å²) in [7, 11) is 0. The molecule has 1 heterocycles. The van der Waals surface area contributed by atoms with Crippen LogP contribution in [0.4, 0.5) is 5.69 Å². The standard InChI is InChI=1S/C13H15N/c1-11-3-5-13(6-4-11)14-9-7-12(2)8-10-14/h3-10,12H,1-2H3. The first-order chi connectivity index (χ1) is 6.75. The van der Waals surface area contributed by atoms with Crippen LogP contribution in [0.3, 0.4) is 0 Å². The molecule has 0 bridgehead atoms. The molecular formula is C13H15N. The predicted octanol–water partition coefficient (Wildman–Crippen LogP) is 3.48. The van der Waals surface area contributed by atoms with Crippen LogP contribution >= 0.6 is 0 Å². The Balaban J connectivity index is 2.20. The first kappa shape index (κ1) is 9.07. The summed E-state index contributed by atoms with van der Waals surface area (Å²) >= 11 is 0. The third kappa shape index (κ3) is 1.87. The lowest BCUT2D eigenvalue weighted by atomic mass is 10.1. The summed E-state index contributed by atoms with van der Waals surface area (Å²) in [5.41, 5.74) is 2.52. The summed E-state index contributed by atoms with van der Waals surface area (Å²) < 4.78 is 0. The summed E-state index contributed by atoms with van der Waals surface area (Å²) in [5.74, 6) is 0.552. The second-order valence-corrected chi connectivity index (χ2v) is 3.78. The van der Waals surface area contributed by atoms with E-state index in [9.17, 15) is 0 Å². The predicted molar refractivity (Wildman–Crippen MR) is 61.1 cm³/mol. The SMILES string of the molecule is Cc1ccc(N2C=CC(C)C=C2)cc1. The zero-order valence-electron chi connectivity index (χ0n) is 8.64. The van der Waals surface area contributed by atoms with Gasteiger partial charge in [0.2, 0.25) is 0 Å². The number of aryl methyl sites for hydroxylation is 1. The fourth-order valence-corrected chi connectivity index (χ4v) is 1.46. The molecule has 0 aromatic heterocycles. The van der Waals surface area contributed by atoms with Crippen molar-refractivity contribution in [1.29, 1.82) is 0 Å². The van der Waals surface area contributed by atoms with Gasteiger partial charge < -0.3 is 4.90 Å². The topological polar surface area (TPSA) is 3.24 Å². The first-order valence-electron chi connectivity index (χ1n) is 4.97. The second kappa shape index (κ2) is 3.70. The van der Waals surface area contributed by atoms with Crippen LogP contribution in [0.2, 0.25) is 0 Å². The van der Waals surface area contributed by atoms with Crippen molar-refractivity contribution in [2.45, 2.75) is 13.8 Å². The van der Waals surface area contributed by atoms with Crippen LogP contribution in [0.15, 0.2) is 48.8 Å². The van der Waals surface area contributed by atoms with E-state index in [0.717, 1.165) is 0 Å². The number of allylic oxidation sites excluding steroid dienone is 2. The van der Waals surface area contributed by atoms with E-state index < -0.39 is 0 Å². The highest BCUT2D eigenvalue weighted by atomic mass is 15.1. The lowest BCUT2D eigenvalue weighted by Crippen LogP contribution is -2.11. The van der Waals surface area contributed by atoms with E-state index in [-0.39, 0.29) is 0 Å². The van der Waals surface area contributed by atoms with E-state index in [1.54, 1.807) is 0 Å². The molecule has 1 aromatic carbocycles. The van der Waals surface area contributed by atoms with Gasteiger partial charge in [-0.25, -0.2) is 0 Å². The molecule has 0 amide bonds. The molecule has 0 unspecified atom stereocenters. The van der Waals surface area contributed by atoms with Crippen molar-refractivity contribution >= 4 is 5.69 Å². The van der Waals surface area contributed by atoms with E-state index in [1.807, 2.05) is 0 Å². The lowest BCUT2D eigenvalue weighted by Gasteiger charge is -2.20. The van der Waals surface area contributed by atoms with Gasteiger partial charge >= 0.3 is 0 Å². The quantitative estimate of drug-likeness (QED) is 0.647. The molecule has 1 aliphatic heterocycles. The van der Waals surface area contributed by atoms with Gasteiger partial charge in [0.05, 0.1) is 0 Å². The normalized spacial score (nSPS) is 16.3. The van der Waals surface area contributed by atoms with Crippen molar-refractivity contribution in [1.82, 2.24) is 0 Å². The van der Waals surface area contributed by atoms with Gasteiger partial charge in [-0.05, 0) is 25.0 Å². The van der Waals surface area contributed by atoms with Crippen molar-refractivity contribution in [2.24, 2.45) is 5.92 Å². The van der Waals surface area contributed by atoms with E-state index in [0.29, 0.717) is 5.92 Å². The monoisotopic (exact) mass is 185 g/mol. The molecule has 1 aliphatic rings. The highest BCUT2D eigenvalue weighted by Gasteiger charge is 2.03. The van der Waals surface area contributed by atoms with E-state index in [1.165, 1.54) is 11.3 Å². The third-order valence-corrected chi connectivity index (χ3v) is 2.43. The van der Waals surface area contributed by atoms with Crippen molar-refractivity contribution in [3.63, 3.8) is 0 Å². The molecule has 0 spiro atoms.